The van der Waals surface area contributed by atoms with E-state index < -0.39 is 35.8 Å². The number of halogens is 1. The Morgan fingerprint density at radius 1 is 1.31 bits per heavy atom. The van der Waals surface area contributed by atoms with Crippen molar-refractivity contribution in [2.75, 3.05) is 11.9 Å². The number of likely N-dealkylation sites (tertiary alicyclic amines) is 1. The van der Waals surface area contributed by atoms with Gasteiger partial charge in [0.05, 0.1) is 24.1 Å². The van der Waals surface area contributed by atoms with Crippen LogP contribution in [0.15, 0.2) is 30.5 Å². The highest BCUT2D eigenvalue weighted by Gasteiger charge is 2.48. The van der Waals surface area contributed by atoms with Gasteiger partial charge in [-0.15, -0.1) is 0 Å². The molecule has 4 unspecified atom stereocenters. The van der Waals surface area contributed by atoms with Crippen molar-refractivity contribution in [3.05, 3.63) is 41.8 Å². The summed E-state index contributed by atoms with van der Waals surface area (Å²) in [5.41, 5.74) is 6.19. The predicted molar refractivity (Wildman–Crippen MR) is 114 cm³/mol. The lowest BCUT2D eigenvalue weighted by molar-refractivity contribution is 0.0312. The number of benzene rings is 1. The predicted octanol–water partition coefficient (Wildman–Crippen LogP) is 3.34. The molecular formula is C22H25FN6O3. The second kappa shape index (κ2) is 8.49. The molecule has 2 aliphatic rings. The van der Waals surface area contributed by atoms with Gasteiger partial charge in [0.15, 0.2) is 5.82 Å². The first-order chi connectivity index (χ1) is 15.3. The molecule has 2 aromatic rings. The van der Waals surface area contributed by atoms with Crippen LogP contribution in [0, 0.1) is 34.9 Å². The van der Waals surface area contributed by atoms with Crippen molar-refractivity contribution in [2.24, 2.45) is 23.5 Å². The number of nitrogens with two attached hydrogens (primary N) is 1. The van der Waals surface area contributed by atoms with E-state index in [0.717, 1.165) is 12.8 Å². The maximum absolute atomic E-state index is 13.2. The zero-order valence-electron chi connectivity index (χ0n) is 17.6. The Hall–Kier alpha value is -3.61. The second-order valence-corrected chi connectivity index (χ2v) is 8.55. The van der Waals surface area contributed by atoms with Crippen LogP contribution in [-0.4, -0.2) is 44.4 Å². The summed E-state index contributed by atoms with van der Waals surface area (Å²) in [6.45, 7) is 2.29. The van der Waals surface area contributed by atoms with Gasteiger partial charge in [-0.05, 0) is 55.4 Å². The number of carbonyl (C=O) groups excluding carboxylic acids is 1. The van der Waals surface area contributed by atoms with Crippen molar-refractivity contribution in [3.63, 3.8) is 0 Å². The fourth-order valence-electron chi connectivity index (χ4n) is 4.71. The third kappa shape index (κ3) is 4.10. The van der Waals surface area contributed by atoms with Crippen LogP contribution in [0.4, 0.5) is 20.7 Å². The van der Waals surface area contributed by atoms with E-state index in [1.54, 1.807) is 0 Å². The van der Waals surface area contributed by atoms with Crippen molar-refractivity contribution >= 4 is 23.5 Å². The number of rotatable bonds is 6. The van der Waals surface area contributed by atoms with Crippen molar-refractivity contribution < 1.29 is 19.1 Å². The lowest BCUT2D eigenvalue weighted by Gasteiger charge is -2.45. The van der Waals surface area contributed by atoms with Gasteiger partial charge in [-0.2, -0.15) is 10.4 Å². The van der Waals surface area contributed by atoms with Crippen molar-refractivity contribution in [2.45, 2.75) is 38.3 Å². The molecule has 1 aliphatic heterocycles. The molecule has 0 bridgehead atoms. The van der Waals surface area contributed by atoms with Crippen LogP contribution in [0.2, 0.25) is 0 Å². The number of aromatic nitrogens is 2. The minimum Gasteiger partial charge on any atom is -0.465 e. The number of nitrogens with zero attached hydrogens (tertiary/aromatic N) is 4. The molecule has 4 rings (SSSR count). The van der Waals surface area contributed by atoms with Gasteiger partial charge in [-0.3, -0.25) is 9.48 Å². The zero-order valence-corrected chi connectivity index (χ0v) is 17.6. The Kier molecular flexibility index (Phi) is 5.74. The van der Waals surface area contributed by atoms with Crippen LogP contribution in [0.25, 0.3) is 0 Å². The van der Waals surface area contributed by atoms with E-state index in [-0.39, 0.29) is 23.8 Å². The molecule has 2 amide bonds. The smallest absolute Gasteiger partial charge is 0.407 e. The topological polar surface area (TPSA) is 137 Å². The summed E-state index contributed by atoms with van der Waals surface area (Å²) in [5, 5.41) is 27.2. The Bertz CT molecular complexity index is 1060. The Balaban J connectivity index is 1.75. The second-order valence-electron chi connectivity index (χ2n) is 8.55. The molecule has 1 aromatic carbocycles. The van der Waals surface area contributed by atoms with Gasteiger partial charge in [0.1, 0.15) is 11.4 Å². The molecule has 10 heteroatoms. The summed E-state index contributed by atoms with van der Waals surface area (Å²) in [5.74, 6) is -0.998. The molecule has 0 radical (unpaired) electrons. The lowest BCUT2D eigenvalue weighted by atomic mass is 9.79. The van der Waals surface area contributed by atoms with Crippen LogP contribution in [-0.2, 0) is 0 Å². The highest BCUT2D eigenvalue weighted by Crippen LogP contribution is 2.46. The van der Waals surface area contributed by atoms with E-state index in [9.17, 15) is 24.3 Å². The monoisotopic (exact) mass is 440 g/mol. The number of hydrogen-bond donors (Lipinski definition) is 3. The van der Waals surface area contributed by atoms with E-state index in [2.05, 4.69) is 16.5 Å². The summed E-state index contributed by atoms with van der Waals surface area (Å²) in [6, 6.07) is 6.83. The van der Waals surface area contributed by atoms with Crippen LogP contribution in [0.5, 0.6) is 0 Å². The zero-order chi connectivity index (χ0) is 23.0. The minimum absolute atomic E-state index is 0.0296. The maximum Gasteiger partial charge on any atom is 0.407 e. The first-order valence-corrected chi connectivity index (χ1v) is 10.6. The van der Waals surface area contributed by atoms with Gasteiger partial charge in [0, 0.05) is 18.4 Å². The lowest BCUT2D eigenvalue weighted by Crippen LogP contribution is -2.55. The average Bonchev–Trinajstić information content (AvgIpc) is 3.53. The Morgan fingerprint density at radius 2 is 2.00 bits per heavy atom. The number of carbonyl (C=O) groups is 2. The SMILES string of the molecule is CC(C1CC1)C1C(n2cc(C(N)=O)c(Nc3ccc(F)cc3)n2)C(C#N)CCN1C(=O)O. The third-order valence-electron chi connectivity index (χ3n) is 6.53. The van der Waals surface area contributed by atoms with Gasteiger partial charge < -0.3 is 21.1 Å². The van der Waals surface area contributed by atoms with E-state index >= 15 is 0 Å². The molecule has 32 heavy (non-hydrogen) atoms. The molecule has 2 heterocycles. The first-order valence-electron chi connectivity index (χ1n) is 10.6. The van der Waals surface area contributed by atoms with E-state index in [1.165, 1.54) is 40.0 Å². The van der Waals surface area contributed by atoms with Gasteiger partial charge in [0.2, 0.25) is 0 Å². The van der Waals surface area contributed by atoms with Crippen LogP contribution in [0.3, 0.4) is 0 Å². The number of primary amides is 1. The highest BCUT2D eigenvalue weighted by molar-refractivity contribution is 5.98. The number of nitrogens with one attached hydrogen (secondary N) is 1. The standard InChI is InChI=1S/C22H25FN6O3/c1-12(13-2-3-13)18-19(14(10-24)8-9-28(18)22(31)32)29-11-17(20(25)30)21(27-29)26-16-6-4-15(23)5-7-16/h4-7,11-14,18-19H,2-3,8-9H2,1H3,(H2,25,30)(H,26,27)(H,31,32). The van der Waals surface area contributed by atoms with E-state index in [0.29, 0.717) is 18.0 Å². The summed E-state index contributed by atoms with van der Waals surface area (Å²) >= 11 is 0. The Morgan fingerprint density at radius 3 is 2.56 bits per heavy atom. The molecule has 1 saturated carbocycles. The van der Waals surface area contributed by atoms with Gasteiger partial charge in [0.25, 0.3) is 5.91 Å². The van der Waals surface area contributed by atoms with Gasteiger partial charge >= 0.3 is 6.09 Å². The number of anilines is 2. The van der Waals surface area contributed by atoms with Gasteiger partial charge in [-0.1, -0.05) is 6.92 Å². The molecule has 0 spiro atoms. The molecular weight excluding hydrogens is 415 g/mol. The molecule has 4 N–H and O–H groups in total. The number of carboxylic acid groups (broad SMARTS) is 1. The van der Waals surface area contributed by atoms with Crippen molar-refractivity contribution in [3.8, 4) is 6.07 Å². The summed E-state index contributed by atoms with van der Waals surface area (Å²) in [7, 11) is 0. The first kappa shape index (κ1) is 21.6. The minimum atomic E-state index is -1.03. The van der Waals surface area contributed by atoms with Crippen LogP contribution >= 0.6 is 0 Å². The Labute approximate surface area is 184 Å². The molecule has 9 nitrogen and oxygen atoms in total. The maximum atomic E-state index is 13.2. The quantitative estimate of drug-likeness (QED) is 0.630. The van der Waals surface area contributed by atoms with Crippen molar-refractivity contribution in [1.82, 2.24) is 14.7 Å². The number of piperidine rings is 1. The van der Waals surface area contributed by atoms with E-state index in [4.69, 9.17) is 5.73 Å². The summed E-state index contributed by atoms with van der Waals surface area (Å²) < 4.78 is 14.8. The molecule has 1 aromatic heterocycles. The van der Waals surface area contributed by atoms with Gasteiger partial charge in [-0.25, -0.2) is 9.18 Å². The fraction of sp³-hybridized carbons (Fsp3) is 0.455. The number of hydrogen-bond acceptors (Lipinski definition) is 5. The molecule has 4 atom stereocenters. The highest BCUT2D eigenvalue weighted by atomic mass is 19.1. The average molecular weight is 440 g/mol. The van der Waals surface area contributed by atoms with Crippen LogP contribution in [0.1, 0.15) is 42.6 Å². The number of amides is 2. The molecule has 1 aliphatic carbocycles. The fourth-order valence-corrected chi connectivity index (χ4v) is 4.71. The molecule has 168 valence electrons. The largest absolute Gasteiger partial charge is 0.465 e. The normalized spacial score (nSPS) is 23.9. The van der Waals surface area contributed by atoms with Crippen molar-refractivity contribution in [1.29, 1.82) is 5.26 Å². The van der Waals surface area contributed by atoms with Crippen LogP contribution < -0.4 is 11.1 Å². The molecule has 1 saturated heterocycles. The molecule has 2 fully saturated rings. The number of nitriles is 1. The summed E-state index contributed by atoms with van der Waals surface area (Å²) in [4.78, 5) is 25.6. The van der Waals surface area contributed by atoms with E-state index in [1.807, 2.05) is 6.92 Å². The third-order valence-corrected chi connectivity index (χ3v) is 6.53. The summed E-state index contributed by atoms with van der Waals surface area (Å²) in [6.07, 6.45) is 2.86.